The second kappa shape index (κ2) is 6.20. The highest BCUT2D eigenvalue weighted by atomic mass is 35.5. The molecule has 1 heterocycles. The average molecular weight is 329 g/mol. The Balaban J connectivity index is 2.28. The van der Waals surface area contributed by atoms with Gasteiger partial charge >= 0.3 is 11.9 Å². The Bertz CT molecular complexity index is 692. The van der Waals surface area contributed by atoms with Crippen LogP contribution < -0.4 is 0 Å². The van der Waals surface area contributed by atoms with Gasteiger partial charge in [0.05, 0.1) is 16.0 Å². The van der Waals surface area contributed by atoms with Crippen molar-refractivity contribution in [3.63, 3.8) is 0 Å². The lowest BCUT2D eigenvalue weighted by Crippen LogP contribution is -2.14. The summed E-state index contributed by atoms with van der Waals surface area (Å²) in [6.07, 6.45) is 0.0145. The molecule has 2 rings (SSSR count). The predicted molar refractivity (Wildman–Crippen MR) is 76.2 cm³/mol. The van der Waals surface area contributed by atoms with E-state index in [0.29, 0.717) is 10.6 Å². The average Bonchev–Trinajstić information content (AvgIpc) is 2.88. The van der Waals surface area contributed by atoms with Gasteiger partial charge in [-0.1, -0.05) is 29.3 Å². The van der Waals surface area contributed by atoms with Crippen molar-refractivity contribution in [1.29, 1.82) is 0 Å². The molecule has 1 aromatic heterocycles. The number of furan rings is 1. The molecule has 110 valence electrons. The van der Waals surface area contributed by atoms with Crippen LogP contribution in [0.2, 0.25) is 10.0 Å². The summed E-state index contributed by atoms with van der Waals surface area (Å²) in [6, 6.07) is 7.28. The fourth-order valence-electron chi connectivity index (χ4n) is 1.88. The number of carboxylic acids is 2. The lowest BCUT2D eigenvalue weighted by atomic mass is 9.95. The Hall–Kier alpha value is -1.98. The molecule has 0 saturated heterocycles. The second-order valence-electron chi connectivity index (χ2n) is 4.34. The van der Waals surface area contributed by atoms with Gasteiger partial charge in [-0.25, -0.2) is 4.79 Å². The fourth-order valence-corrected chi connectivity index (χ4v) is 2.19. The maximum Gasteiger partial charge on any atom is 0.371 e. The van der Waals surface area contributed by atoms with E-state index in [9.17, 15) is 14.7 Å². The largest absolute Gasteiger partial charge is 0.481 e. The van der Waals surface area contributed by atoms with Gasteiger partial charge in [-0.15, -0.1) is 0 Å². The van der Waals surface area contributed by atoms with E-state index in [1.165, 1.54) is 24.3 Å². The molecule has 0 saturated carbocycles. The smallest absolute Gasteiger partial charge is 0.371 e. The Labute approximate surface area is 129 Å². The monoisotopic (exact) mass is 328 g/mol. The summed E-state index contributed by atoms with van der Waals surface area (Å²) in [6.45, 7) is 0. The zero-order valence-electron chi connectivity index (χ0n) is 10.5. The molecule has 0 aliphatic heterocycles. The summed E-state index contributed by atoms with van der Waals surface area (Å²) >= 11 is 11.7. The van der Waals surface area contributed by atoms with Crippen LogP contribution in [0, 0.1) is 0 Å². The highest BCUT2D eigenvalue weighted by molar-refractivity contribution is 6.42. The van der Waals surface area contributed by atoms with E-state index in [-0.39, 0.29) is 23.0 Å². The molecule has 1 unspecified atom stereocenters. The number of aromatic carboxylic acids is 1. The number of aliphatic carboxylic acids is 1. The Morgan fingerprint density at radius 3 is 2.33 bits per heavy atom. The van der Waals surface area contributed by atoms with Crippen LogP contribution in [0.25, 0.3) is 0 Å². The fraction of sp³-hybridized carbons (Fsp3) is 0.143. The topological polar surface area (TPSA) is 87.7 Å². The molecule has 1 atom stereocenters. The first-order valence-electron chi connectivity index (χ1n) is 5.88. The lowest BCUT2D eigenvalue weighted by Gasteiger charge is -2.12. The van der Waals surface area contributed by atoms with Crippen molar-refractivity contribution in [2.45, 2.75) is 12.3 Å². The molecular weight excluding hydrogens is 319 g/mol. The minimum atomic E-state index is -1.21. The van der Waals surface area contributed by atoms with E-state index < -0.39 is 17.9 Å². The van der Waals surface area contributed by atoms with E-state index in [0.717, 1.165) is 0 Å². The number of carboxylic acid groups (broad SMARTS) is 2. The van der Waals surface area contributed by atoms with Crippen LogP contribution in [0.3, 0.4) is 0 Å². The van der Waals surface area contributed by atoms with E-state index in [2.05, 4.69) is 0 Å². The standard InChI is InChI=1S/C14H10Cl2O5/c15-10-3-1-7(5-11(10)16)9(13(17)18)6-8-2-4-12(21-8)14(19)20/h1-5,9H,6H2,(H,17,18)(H,19,20). The van der Waals surface area contributed by atoms with Crippen LogP contribution >= 0.6 is 23.2 Å². The molecule has 0 fully saturated rings. The van der Waals surface area contributed by atoms with Crippen molar-refractivity contribution in [3.8, 4) is 0 Å². The maximum absolute atomic E-state index is 11.4. The minimum Gasteiger partial charge on any atom is -0.481 e. The number of halogens is 2. The first-order chi connectivity index (χ1) is 9.88. The van der Waals surface area contributed by atoms with Crippen LogP contribution in [0.1, 0.15) is 27.8 Å². The van der Waals surface area contributed by atoms with Gasteiger partial charge in [-0.2, -0.15) is 0 Å². The molecule has 21 heavy (non-hydrogen) atoms. The van der Waals surface area contributed by atoms with E-state index in [1.54, 1.807) is 6.07 Å². The molecule has 1 aromatic carbocycles. The molecule has 7 heteroatoms. The van der Waals surface area contributed by atoms with Gasteiger partial charge in [-0.05, 0) is 29.8 Å². The number of rotatable bonds is 5. The third-order valence-corrected chi connectivity index (χ3v) is 3.66. The van der Waals surface area contributed by atoms with Crippen molar-refractivity contribution in [3.05, 3.63) is 57.5 Å². The molecule has 5 nitrogen and oxygen atoms in total. The van der Waals surface area contributed by atoms with Gasteiger partial charge in [-0.3, -0.25) is 4.79 Å². The van der Waals surface area contributed by atoms with Crippen molar-refractivity contribution in [1.82, 2.24) is 0 Å². The van der Waals surface area contributed by atoms with E-state index in [1.807, 2.05) is 0 Å². The predicted octanol–water partition coefficient (Wildman–Crippen LogP) is 3.70. The molecule has 0 bridgehead atoms. The highest BCUT2D eigenvalue weighted by Crippen LogP contribution is 2.29. The Morgan fingerprint density at radius 2 is 1.81 bits per heavy atom. The van der Waals surface area contributed by atoms with Gasteiger partial charge in [0.2, 0.25) is 5.76 Å². The van der Waals surface area contributed by atoms with Gasteiger partial charge < -0.3 is 14.6 Å². The normalized spacial score (nSPS) is 12.1. The van der Waals surface area contributed by atoms with Crippen LogP contribution in [-0.4, -0.2) is 22.2 Å². The van der Waals surface area contributed by atoms with Crippen LogP contribution in [0.15, 0.2) is 34.7 Å². The third kappa shape index (κ3) is 3.56. The van der Waals surface area contributed by atoms with E-state index >= 15 is 0 Å². The number of carbonyl (C=O) groups is 2. The first-order valence-corrected chi connectivity index (χ1v) is 6.64. The van der Waals surface area contributed by atoms with Gasteiger partial charge in [0.1, 0.15) is 5.76 Å². The first kappa shape index (κ1) is 15.4. The molecule has 2 N–H and O–H groups in total. The van der Waals surface area contributed by atoms with Crippen molar-refractivity contribution >= 4 is 35.1 Å². The molecule has 0 amide bonds. The summed E-state index contributed by atoms with van der Waals surface area (Å²) in [5.74, 6) is -3.15. The zero-order chi connectivity index (χ0) is 15.6. The van der Waals surface area contributed by atoms with Gasteiger partial charge in [0, 0.05) is 6.42 Å². The maximum atomic E-state index is 11.4. The quantitative estimate of drug-likeness (QED) is 0.873. The van der Waals surface area contributed by atoms with Crippen LogP contribution in [0.4, 0.5) is 0 Å². The van der Waals surface area contributed by atoms with Crippen molar-refractivity contribution < 1.29 is 24.2 Å². The summed E-state index contributed by atoms with van der Waals surface area (Å²) in [5, 5.41) is 18.7. The summed E-state index contributed by atoms with van der Waals surface area (Å²) in [5.41, 5.74) is 0.463. The summed E-state index contributed by atoms with van der Waals surface area (Å²) < 4.78 is 5.08. The van der Waals surface area contributed by atoms with Gasteiger partial charge in [0.25, 0.3) is 0 Å². The third-order valence-electron chi connectivity index (χ3n) is 2.92. The van der Waals surface area contributed by atoms with Crippen LogP contribution in [-0.2, 0) is 11.2 Å². The van der Waals surface area contributed by atoms with Crippen LogP contribution in [0.5, 0.6) is 0 Å². The van der Waals surface area contributed by atoms with E-state index in [4.69, 9.17) is 32.7 Å². The molecule has 0 spiro atoms. The number of benzene rings is 1. The second-order valence-corrected chi connectivity index (χ2v) is 5.15. The lowest BCUT2D eigenvalue weighted by molar-refractivity contribution is -0.138. The molecule has 0 radical (unpaired) electrons. The Kier molecular flexibility index (Phi) is 4.55. The van der Waals surface area contributed by atoms with Crippen molar-refractivity contribution in [2.75, 3.05) is 0 Å². The molecule has 2 aromatic rings. The molecule has 0 aliphatic carbocycles. The Morgan fingerprint density at radius 1 is 1.10 bits per heavy atom. The molecule has 0 aliphatic rings. The van der Waals surface area contributed by atoms with Crippen molar-refractivity contribution in [2.24, 2.45) is 0 Å². The minimum absolute atomic E-state index is 0.0145. The van der Waals surface area contributed by atoms with Gasteiger partial charge in [0.15, 0.2) is 0 Å². The highest BCUT2D eigenvalue weighted by Gasteiger charge is 2.23. The SMILES string of the molecule is O=C(O)c1ccc(CC(C(=O)O)c2ccc(Cl)c(Cl)c2)o1. The molecular formula is C14H10Cl2O5. The number of hydrogen-bond donors (Lipinski definition) is 2. The summed E-state index contributed by atoms with van der Waals surface area (Å²) in [4.78, 5) is 22.2. The zero-order valence-corrected chi connectivity index (χ0v) is 12.1. The summed E-state index contributed by atoms with van der Waals surface area (Å²) in [7, 11) is 0. The number of hydrogen-bond acceptors (Lipinski definition) is 3.